The van der Waals surface area contributed by atoms with Gasteiger partial charge in [-0.25, -0.2) is 0 Å². The van der Waals surface area contributed by atoms with Crippen LogP contribution in [0.15, 0.2) is 83.9 Å². The fourth-order valence-corrected chi connectivity index (χ4v) is 2.92. The lowest BCUT2D eigenvalue weighted by atomic mass is 10.00. The number of hydrogen-bond donors (Lipinski definition) is 0. The average Bonchev–Trinajstić information content (AvgIpc) is 2.61. The van der Waals surface area contributed by atoms with Gasteiger partial charge in [0.1, 0.15) is 5.17 Å². The van der Waals surface area contributed by atoms with Gasteiger partial charge in [-0.05, 0) is 22.8 Å². The summed E-state index contributed by atoms with van der Waals surface area (Å²) in [6, 6.07) is 26.0. The van der Waals surface area contributed by atoms with Gasteiger partial charge in [0.15, 0.2) is 0 Å². The Morgan fingerprint density at radius 1 is 0.783 bits per heavy atom. The van der Waals surface area contributed by atoms with E-state index in [0.29, 0.717) is 16.7 Å². The molecule has 0 heterocycles. The van der Waals surface area contributed by atoms with E-state index in [2.05, 4.69) is 29.3 Å². The van der Waals surface area contributed by atoms with E-state index in [-0.39, 0.29) is 0 Å². The molecule has 0 spiro atoms. The number of halogens is 2. The van der Waals surface area contributed by atoms with E-state index in [0.717, 1.165) is 11.1 Å². The van der Waals surface area contributed by atoms with Crippen LogP contribution in [0.1, 0.15) is 11.1 Å². The molecule has 0 N–H and O–H groups in total. The Morgan fingerprint density at radius 3 is 2.22 bits per heavy atom. The van der Waals surface area contributed by atoms with Gasteiger partial charge in [-0.15, -0.1) is 0 Å². The lowest BCUT2D eigenvalue weighted by molar-refractivity contribution is 1.08. The molecule has 0 aliphatic carbocycles. The van der Waals surface area contributed by atoms with E-state index in [9.17, 15) is 0 Å². The van der Waals surface area contributed by atoms with Crippen molar-refractivity contribution in [2.24, 2.45) is 4.99 Å². The minimum absolute atomic E-state index is 0.429. The van der Waals surface area contributed by atoms with Crippen molar-refractivity contribution in [1.29, 1.82) is 0 Å². The van der Waals surface area contributed by atoms with Gasteiger partial charge < -0.3 is 0 Å². The van der Waals surface area contributed by atoms with Crippen LogP contribution < -0.4 is 0 Å². The van der Waals surface area contributed by atoms with Gasteiger partial charge in [-0.3, -0.25) is 4.99 Å². The maximum atomic E-state index is 6.33. The first kappa shape index (κ1) is 15.8. The first-order valence-corrected chi connectivity index (χ1v) is 8.09. The van der Waals surface area contributed by atoms with E-state index >= 15 is 0 Å². The highest BCUT2D eigenvalue weighted by molar-refractivity contribution is 6.70. The number of rotatable bonds is 4. The minimum atomic E-state index is 0.429. The molecule has 114 valence electrons. The van der Waals surface area contributed by atoms with Gasteiger partial charge in [-0.1, -0.05) is 96.0 Å². The van der Waals surface area contributed by atoms with Gasteiger partial charge >= 0.3 is 0 Å². The zero-order valence-electron chi connectivity index (χ0n) is 12.4. The van der Waals surface area contributed by atoms with E-state index in [4.69, 9.17) is 23.2 Å². The van der Waals surface area contributed by atoms with E-state index in [1.165, 1.54) is 11.1 Å². The topological polar surface area (TPSA) is 12.4 Å². The summed E-state index contributed by atoms with van der Waals surface area (Å²) in [5.41, 5.74) is 4.23. The Labute approximate surface area is 146 Å². The summed E-state index contributed by atoms with van der Waals surface area (Å²) in [7, 11) is 0. The molecule has 0 unspecified atom stereocenters. The zero-order chi connectivity index (χ0) is 16.1. The zero-order valence-corrected chi connectivity index (χ0v) is 13.9. The third-order valence-corrected chi connectivity index (χ3v) is 4.24. The first-order valence-electron chi connectivity index (χ1n) is 7.34. The second-order valence-corrected chi connectivity index (χ2v) is 5.88. The molecule has 0 aliphatic rings. The van der Waals surface area contributed by atoms with Gasteiger partial charge in [0.05, 0.1) is 11.6 Å². The maximum Gasteiger partial charge on any atom is 0.132 e. The molecule has 3 aromatic carbocycles. The minimum Gasteiger partial charge on any atom is -0.268 e. The van der Waals surface area contributed by atoms with E-state index < -0.39 is 0 Å². The number of benzene rings is 3. The molecule has 3 rings (SSSR count). The largest absolute Gasteiger partial charge is 0.268 e. The van der Waals surface area contributed by atoms with Crippen molar-refractivity contribution in [2.45, 2.75) is 6.54 Å². The molecule has 3 heteroatoms. The highest BCUT2D eigenvalue weighted by atomic mass is 35.5. The Hall–Kier alpha value is -2.09. The normalized spacial score (nSPS) is 11.5. The van der Waals surface area contributed by atoms with Crippen molar-refractivity contribution in [2.75, 3.05) is 0 Å². The molecular weight excluding hydrogens is 325 g/mol. The summed E-state index contributed by atoms with van der Waals surface area (Å²) in [5, 5.41) is 1.04. The van der Waals surface area contributed by atoms with Crippen LogP contribution in [-0.4, -0.2) is 5.17 Å². The molecule has 0 aliphatic heterocycles. The van der Waals surface area contributed by atoms with E-state index in [1.54, 1.807) is 0 Å². The highest BCUT2D eigenvalue weighted by Gasteiger charge is 2.07. The Balaban J connectivity index is 1.90. The van der Waals surface area contributed by atoms with Crippen LogP contribution in [0.5, 0.6) is 0 Å². The lowest BCUT2D eigenvalue weighted by Gasteiger charge is -2.08. The smallest absolute Gasteiger partial charge is 0.132 e. The second-order valence-electron chi connectivity index (χ2n) is 5.11. The Kier molecular flexibility index (Phi) is 5.12. The molecule has 1 nitrogen and oxygen atoms in total. The Bertz CT molecular complexity index is 826. The van der Waals surface area contributed by atoms with Crippen molar-refractivity contribution in [3.05, 3.63) is 95.0 Å². The summed E-state index contributed by atoms with van der Waals surface area (Å²) < 4.78 is 0. The van der Waals surface area contributed by atoms with Crippen LogP contribution in [0.4, 0.5) is 0 Å². The van der Waals surface area contributed by atoms with Gasteiger partial charge in [0, 0.05) is 5.56 Å². The van der Waals surface area contributed by atoms with Crippen molar-refractivity contribution >= 4 is 28.4 Å². The average molecular weight is 340 g/mol. The third-order valence-electron chi connectivity index (χ3n) is 3.59. The van der Waals surface area contributed by atoms with Crippen LogP contribution in [0, 0.1) is 0 Å². The molecule has 0 aromatic heterocycles. The van der Waals surface area contributed by atoms with Crippen molar-refractivity contribution in [1.82, 2.24) is 0 Å². The quantitative estimate of drug-likeness (QED) is 0.502. The van der Waals surface area contributed by atoms with Crippen LogP contribution in [0.3, 0.4) is 0 Å². The molecule has 0 radical (unpaired) electrons. The standard InChI is InChI=1S/C20H15Cl2N/c21-19-13-7-6-12-18(19)20(22)23-14-16-10-4-5-11-17(16)15-8-2-1-3-9-15/h1-13H,14H2. The summed E-state index contributed by atoms with van der Waals surface area (Å²) in [6.07, 6.45) is 0. The van der Waals surface area contributed by atoms with Crippen LogP contribution >= 0.6 is 23.2 Å². The van der Waals surface area contributed by atoms with E-state index in [1.807, 2.05) is 54.6 Å². The SMILES string of the molecule is ClC(=NCc1ccccc1-c1ccccc1)c1ccccc1Cl. The molecule has 0 atom stereocenters. The number of aliphatic imine (C=N–C) groups is 1. The summed E-state index contributed by atoms with van der Waals surface area (Å²) in [6.45, 7) is 0.509. The third kappa shape index (κ3) is 3.82. The number of nitrogens with zero attached hydrogens (tertiary/aromatic N) is 1. The fourth-order valence-electron chi connectivity index (χ4n) is 2.43. The molecular formula is C20H15Cl2N. The fraction of sp³-hybridized carbons (Fsp3) is 0.0500. The number of hydrogen-bond acceptors (Lipinski definition) is 1. The highest BCUT2D eigenvalue weighted by Crippen LogP contribution is 2.25. The summed E-state index contributed by atoms with van der Waals surface area (Å²) in [4.78, 5) is 4.51. The molecule has 0 amide bonds. The molecule has 0 fully saturated rings. The van der Waals surface area contributed by atoms with Gasteiger partial charge in [-0.2, -0.15) is 0 Å². The van der Waals surface area contributed by atoms with Crippen molar-refractivity contribution < 1.29 is 0 Å². The first-order chi connectivity index (χ1) is 11.3. The predicted molar refractivity (Wildman–Crippen MR) is 99.4 cm³/mol. The van der Waals surface area contributed by atoms with Crippen LogP contribution in [-0.2, 0) is 6.54 Å². The monoisotopic (exact) mass is 339 g/mol. The van der Waals surface area contributed by atoms with Crippen molar-refractivity contribution in [3.63, 3.8) is 0 Å². The molecule has 0 saturated heterocycles. The Morgan fingerprint density at radius 2 is 1.43 bits per heavy atom. The van der Waals surface area contributed by atoms with Crippen LogP contribution in [0.2, 0.25) is 5.02 Å². The second kappa shape index (κ2) is 7.45. The van der Waals surface area contributed by atoms with Gasteiger partial charge in [0.25, 0.3) is 0 Å². The molecule has 0 bridgehead atoms. The van der Waals surface area contributed by atoms with Crippen molar-refractivity contribution in [3.8, 4) is 11.1 Å². The summed E-state index contributed by atoms with van der Waals surface area (Å²) >= 11 is 12.5. The molecule has 3 aromatic rings. The lowest BCUT2D eigenvalue weighted by Crippen LogP contribution is -1.95. The molecule has 0 saturated carbocycles. The predicted octanol–water partition coefficient (Wildman–Crippen LogP) is 6.19. The molecule has 23 heavy (non-hydrogen) atoms. The van der Waals surface area contributed by atoms with Crippen LogP contribution in [0.25, 0.3) is 11.1 Å². The maximum absolute atomic E-state index is 6.33. The van der Waals surface area contributed by atoms with Gasteiger partial charge in [0.2, 0.25) is 0 Å². The summed E-state index contributed by atoms with van der Waals surface area (Å²) in [5.74, 6) is 0.